The monoisotopic (exact) mass is 288 g/mol. The van der Waals surface area contributed by atoms with Crippen molar-refractivity contribution in [3.63, 3.8) is 0 Å². The molecule has 1 aromatic heterocycles. The third-order valence-electron chi connectivity index (χ3n) is 2.17. The molecule has 0 unspecified atom stereocenters. The molecule has 2 aromatic rings. The quantitative estimate of drug-likeness (QED) is 0.880. The number of rotatable bonds is 3. The lowest BCUT2D eigenvalue weighted by molar-refractivity contribution is 0.729. The van der Waals surface area contributed by atoms with E-state index in [1.54, 1.807) is 30.9 Å². The second-order valence-corrected chi connectivity index (χ2v) is 5.49. The second-order valence-electron chi connectivity index (χ2n) is 3.57. The van der Waals surface area contributed by atoms with Crippen molar-refractivity contribution in [2.24, 2.45) is 7.05 Å². The van der Waals surface area contributed by atoms with Crippen molar-refractivity contribution in [2.75, 3.05) is 0 Å². The molecule has 1 aromatic carbocycles. The summed E-state index contributed by atoms with van der Waals surface area (Å²) < 4.78 is 1.45. The molecule has 2 rings (SSSR count). The number of aromatic amines is 1. The highest BCUT2D eigenvalue weighted by molar-refractivity contribution is 7.98. The van der Waals surface area contributed by atoms with Gasteiger partial charge in [0.05, 0.1) is 0 Å². The van der Waals surface area contributed by atoms with E-state index in [-0.39, 0.29) is 5.56 Å². The van der Waals surface area contributed by atoms with E-state index in [0.29, 0.717) is 15.8 Å². The molecule has 0 aliphatic rings. The highest BCUT2D eigenvalue weighted by Gasteiger charge is 2.03. The summed E-state index contributed by atoms with van der Waals surface area (Å²) in [5.41, 5.74) is 0.836. The zero-order chi connectivity index (χ0) is 12.4. The molecule has 6 heteroatoms. The van der Waals surface area contributed by atoms with Crippen LogP contribution in [0.2, 0.25) is 10.0 Å². The third kappa shape index (κ3) is 3.31. The maximum atomic E-state index is 11.2. The van der Waals surface area contributed by atoms with Crippen LogP contribution in [0.15, 0.2) is 34.0 Å². The van der Waals surface area contributed by atoms with Gasteiger partial charge in [0, 0.05) is 39.5 Å². The van der Waals surface area contributed by atoms with E-state index in [0.717, 1.165) is 10.6 Å². The van der Waals surface area contributed by atoms with Crippen LogP contribution in [0.3, 0.4) is 0 Å². The Hall–Kier alpha value is -0.840. The van der Waals surface area contributed by atoms with Crippen LogP contribution in [0.4, 0.5) is 0 Å². The molecule has 0 amide bonds. The number of halogens is 2. The lowest BCUT2D eigenvalue weighted by Gasteiger charge is -2.02. The molecular weight excluding hydrogens is 279 g/mol. The molecule has 0 saturated heterocycles. The first-order valence-corrected chi connectivity index (χ1v) is 6.62. The van der Waals surface area contributed by atoms with Gasteiger partial charge in [0.1, 0.15) is 0 Å². The molecule has 3 nitrogen and oxygen atoms in total. The normalized spacial score (nSPS) is 10.8. The van der Waals surface area contributed by atoms with Crippen molar-refractivity contribution >= 4 is 35.0 Å². The molecule has 1 heterocycles. The molecule has 0 atom stereocenters. The summed E-state index contributed by atoms with van der Waals surface area (Å²) in [6, 6.07) is 6.97. The molecular formula is C11H10Cl2N2OS. The summed E-state index contributed by atoms with van der Waals surface area (Å²) >= 11 is 13.4. The van der Waals surface area contributed by atoms with E-state index in [1.807, 2.05) is 12.1 Å². The van der Waals surface area contributed by atoms with Crippen LogP contribution >= 0.6 is 35.0 Å². The Morgan fingerprint density at radius 1 is 1.24 bits per heavy atom. The van der Waals surface area contributed by atoms with Crippen molar-refractivity contribution in [1.29, 1.82) is 0 Å². The van der Waals surface area contributed by atoms with Crippen LogP contribution in [0.1, 0.15) is 5.69 Å². The fourth-order valence-electron chi connectivity index (χ4n) is 1.40. The number of H-pyrrole nitrogens is 1. The highest BCUT2D eigenvalue weighted by atomic mass is 35.5. The van der Waals surface area contributed by atoms with Gasteiger partial charge in [0.2, 0.25) is 0 Å². The number of nitrogens with zero attached hydrogens (tertiary/aromatic N) is 1. The lowest BCUT2D eigenvalue weighted by atomic mass is 10.4. The maximum absolute atomic E-state index is 11.2. The van der Waals surface area contributed by atoms with Gasteiger partial charge in [-0.3, -0.25) is 14.6 Å². The van der Waals surface area contributed by atoms with Gasteiger partial charge in [-0.15, -0.1) is 11.8 Å². The van der Waals surface area contributed by atoms with Crippen molar-refractivity contribution in [2.45, 2.75) is 10.6 Å². The van der Waals surface area contributed by atoms with E-state index in [9.17, 15) is 4.79 Å². The number of aryl methyl sites for hydroxylation is 1. The molecule has 17 heavy (non-hydrogen) atoms. The number of thioether (sulfide) groups is 1. The van der Waals surface area contributed by atoms with Crippen molar-refractivity contribution in [3.05, 3.63) is 50.4 Å². The van der Waals surface area contributed by atoms with Gasteiger partial charge in [-0.1, -0.05) is 23.2 Å². The smallest absolute Gasteiger partial charge is 0.266 e. The predicted octanol–water partition coefficient (Wildman–Crippen LogP) is 3.31. The summed E-state index contributed by atoms with van der Waals surface area (Å²) in [7, 11) is 1.69. The van der Waals surface area contributed by atoms with Gasteiger partial charge < -0.3 is 0 Å². The van der Waals surface area contributed by atoms with Gasteiger partial charge in [-0.25, -0.2) is 0 Å². The molecule has 0 aliphatic carbocycles. The lowest BCUT2D eigenvalue weighted by Crippen LogP contribution is -2.09. The second kappa shape index (κ2) is 5.21. The molecule has 0 saturated carbocycles. The summed E-state index contributed by atoms with van der Waals surface area (Å²) in [6.45, 7) is 0. The molecule has 0 spiro atoms. The van der Waals surface area contributed by atoms with Crippen molar-refractivity contribution in [1.82, 2.24) is 9.78 Å². The number of hydrogen-bond donors (Lipinski definition) is 1. The van der Waals surface area contributed by atoms with Crippen LogP contribution < -0.4 is 5.56 Å². The van der Waals surface area contributed by atoms with Crippen molar-refractivity contribution in [3.8, 4) is 0 Å². The first-order chi connectivity index (χ1) is 8.04. The number of hydrogen-bond acceptors (Lipinski definition) is 2. The summed E-state index contributed by atoms with van der Waals surface area (Å²) in [5.74, 6) is 0.673. The Kier molecular flexibility index (Phi) is 3.86. The predicted molar refractivity (Wildman–Crippen MR) is 72.1 cm³/mol. The molecule has 0 fully saturated rings. The largest absolute Gasteiger partial charge is 0.299 e. The minimum absolute atomic E-state index is 0.0373. The zero-order valence-electron chi connectivity index (χ0n) is 9.04. The van der Waals surface area contributed by atoms with Crippen LogP contribution in [-0.2, 0) is 12.8 Å². The number of benzene rings is 1. The van der Waals surface area contributed by atoms with Crippen LogP contribution in [0.5, 0.6) is 0 Å². The zero-order valence-corrected chi connectivity index (χ0v) is 11.4. The third-order valence-corrected chi connectivity index (χ3v) is 3.63. The molecule has 0 radical (unpaired) electrons. The number of aromatic nitrogens is 2. The molecule has 0 aliphatic heterocycles. The Morgan fingerprint density at radius 2 is 1.88 bits per heavy atom. The maximum Gasteiger partial charge on any atom is 0.266 e. The summed E-state index contributed by atoms with van der Waals surface area (Å²) in [6.07, 6.45) is 0. The van der Waals surface area contributed by atoms with Gasteiger partial charge in [0.15, 0.2) is 0 Å². The minimum Gasteiger partial charge on any atom is -0.299 e. The fraction of sp³-hybridized carbons (Fsp3) is 0.182. The molecule has 1 N–H and O–H groups in total. The Bertz CT molecular complexity index is 571. The van der Waals surface area contributed by atoms with Gasteiger partial charge in [-0.2, -0.15) is 0 Å². The average Bonchev–Trinajstić information content (AvgIpc) is 2.54. The average molecular weight is 289 g/mol. The Morgan fingerprint density at radius 3 is 2.41 bits per heavy atom. The fourth-order valence-corrected chi connectivity index (χ4v) is 2.94. The Balaban J connectivity index is 2.09. The minimum atomic E-state index is -0.0373. The van der Waals surface area contributed by atoms with Crippen molar-refractivity contribution < 1.29 is 0 Å². The van der Waals surface area contributed by atoms with Gasteiger partial charge in [0.25, 0.3) is 5.56 Å². The van der Waals surface area contributed by atoms with E-state index in [1.165, 1.54) is 4.68 Å². The van der Waals surface area contributed by atoms with Crippen LogP contribution in [-0.4, -0.2) is 9.78 Å². The topological polar surface area (TPSA) is 37.8 Å². The van der Waals surface area contributed by atoms with E-state index in [2.05, 4.69) is 5.10 Å². The van der Waals surface area contributed by atoms with E-state index >= 15 is 0 Å². The van der Waals surface area contributed by atoms with Gasteiger partial charge in [-0.05, 0) is 18.2 Å². The van der Waals surface area contributed by atoms with Crippen LogP contribution in [0.25, 0.3) is 0 Å². The standard InChI is InChI=1S/C11H10Cl2N2OS/c1-15-11(16)5-9(14-15)6-17-10-3-7(12)2-8(13)4-10/h2-5,14H,6H2,1H3. The summed E-state index contributed by atoms with van der Waals surface area (Å²) in [4.78, 5) is 12.2. The molecule has 90 valence electrons. The first kappa shape index (κ1) is 12.6. The first-order valence-electron chi connectivity index (χ1n) is 4.88. The molecule has 0 bridgehead atoms. The van der Waals surface area contributed by atoms with E-state index < -0.39 is 0 Å². The Labute approximate surface area is 113 Å². The van der Waals surface area contributed by atoms with Crippen LogP contribution in [0, 0.1) is 0 Å². The van der Waals surface area contributed by atoms with E-state index in [4.69, 9.17) is 23.2 Å². The highest BCUT2D eigenvalue weighted by Crippen LogP contribution is 2.28. The van der Waals surface area contributed by atoms with Gasteiger partial charge >= 0.3 is 0 Å². The SMILES string of the molecule is Cn1[nH]c(CSc2cc(Cl)cc(Cl)c2)cc1=O. The number of nitrogens with one attached hydrogen (secondary N) is 1. The summed E-state index contributed by atoms with van der Waals surface area (Å²) in [5, 5.41) is 4.19.